The molecule has 0 aliphatic heterocycles. The molecule has 0 saturated carbocycles. The Labute approximate surface area is 101 Å². The van der Waals surface area contributed by atoms with Crippen LogP contribution in [-0.4, -0.2) is 17.3 Å². The summed E-state index contributed by atoms with van der Waals surface area (Å²) in [6.45, 7) is 4.47. The molecule has 5 heteroatoms. The van der Waals surface area contributed by atoms with E-state index in [4.69, 9.17) is 11.6 Å². The van der Waals surface area contributed by atoms with Crippen molar-refractivity contribution in [3.8, 4) is 0 Å². The van der Waals surface area contributed by atoms with Crippen LogP contribution in [0.2, 0.25) is 5.02 Å². The second-order valence-corrected chi connectivity index (χ2v) is 5.87. The Morgan fingerprint density at radius 1 is 1.79 bits per heavy atom. The molecule has 1 heterocycles. The predicted molar refractivity (Wildman–Crippen MR) is 64.8 cm³/mol. The molecule has 1 N–H and O–H groups in total. The number of thiophene rings is 1. The lowest BCUT2D eigenvalue weighted by Crippen LogP contribution is -2.27. The molecule has 0 aliphatic carbocycles. The Morgan fingerprint density at radius 2 is 2.43 bits per heavy atom. The van der Waals surface area contributed by atoms with Gasteiger partial charge in [0.25, 0.3) is 5.91 Å². The van der Waals surface area contributed by atoms with Crippen molar-refractivity contribution in [1.82, 2.24) is 5.32 Å². The summed E-state index contributed by atoms with van der Waals surface area (Å²) in [5.74, 6) is -0.0978. The molecule has 0 radical (unpaired) electrons. The minimum atomic E-state index is -0.0978. The van der Waals surface area contributed by atoms with Gasteiger partial charge < -0.3 is 5.32 Å². The third kappa shape index (κ3) is 2.97. The van der Waals surface area contributed by atoms with Gasteiger partial charge >= 0.3 is 0 Å². The molecule has 0 saturated heterocycles. The number of rotatable bonds is 3. The Balaban J connectivity index is 2.66. The predicted octanol–water partition coefficient (Wildman–Crippen LogP) is 3.22. The van der Waals surface area contributed by atoms with Gasteiger partial charge in [0.2, 0.25) is 0 Å². The molecular formula is C9H11BrClNOS. The number of hydrogen-bond acceptors (Lipinski definition) is 2. The summed E-state index contributed by atoms with van der Waals surface area (Å²) in [7, 11) is 0. The SMILES string of the molecule is Cc1csc(C(=O)NCC(C)Br)c1Cl. The molecule has 0 aliphatic rings. The summed E-state index contributed by atoms with van der Waals surface area (Å²) < 4.78 is 0. The number of hydrogen-bond donors (Lipinski definition) is 1. The minimum absolute atomic E-state index is 0.0978. The zero-order chi connectivity index (χ0) is 10.7. The summed E-state index contributed by atoms with van der Waals surface area (Å²) in [6.07, 6.45) is 0. The van der Waals surface area contributed by atoms with Gasteiger partial charge in [0.05, 0.1) is 5.02 Å². The van der Waals surface area contributed by atoms with Gasteiger partial charge in [0, 0.05) is 11.4 Å². The van der Waals surface area contributed by atoms with Gasteiger partial charge in [0.15, 0.2) is 0 Å². The quantitative estimate of drug-likeness (QED) is 0.853. The summed E-state index contributed by atoms with van der Waals surface area (Å²) in [6, 6.07) is 0. The highest BCUT2D eigenvalue weighted by atomic mass is 79.9. The minimum Gasteiger partial charge on any atom is -0.350 e. The van der Waals surface area contributed by atoms with E-state index < -0.39 is 0 Å². The van der Waals surface area contributed by atoms with Crippen molar-refractivity contribution in [2.45, 2.75) is 18.7 Å². The Bertz CT molecular complexity index is 338. The molecule has 0 fully saturated rings. The first-order valence-corrected chi connectivity index (χ1v) is 6.35. The van der Waals surface area contributed by atoms with Crippen molar-refractivity contribution in [1.29, 1.82) is 0 Å². The van der Waals surface area contributed by atoms with Gasteiger partial charge in [-0.05, 0) is 17.9 Å². The molecule has 1 aromatic rings. The Hall–Kier alpha value is -0.0600. The van der Waals surface area contributed by atoms with Crippen molar-refractivity contribution in [2.24, 2.45) is 0 Å². The molecular weight excluding hydrogens is 286 g/mol. The van der Waals surface area contributed by atoms with Gasteiger partial charge in [-0.2, -0.15) is 0 Å². The fourth-order valence-electron chi connectivity index (χ4n) is 0.897. The van der Waals surface area contributed by atoms with Crippen molar-refractivity contribution >= 4 is 44.8 Å². The fraction of sp³-hybridized carbons (Fsp3) is 0.444. The van der Waals surface area contributed by atoms with Crippen molar-refractivity contribution in [3.63, 3.8) is 0 Å². The second kappa shape index (κ2) is 5.14. The van der Waals surface area contributed by atoms with Crippen LogP contribution in [0.15, 0.2) is 5.38 Å². The van der Waals surface area contributed by atoms with Crippen LogP contribution < -0.4 is 5.32 Å². The fourth-order valence-corrected chi connectivity index (χ4v) is 2.25. The molecule has 1 rings (SSSR count). The molecule has 1 atom stereocenters. The Morgan fingerprint density at radius 3 is 2.86 bits per heavy atom. The smallest absolute Gasteiger partial charge is 0.262 e. The van der Waals surface area contributed by atoms with Crippen LogP contribution in [0.1, 0.15) is 22.2 Å². The zero-order valence-electron chi connectivity index (χ0n) is 7.93. The number of carbonyl (C=O) groups is 1. The van der Waals surface area contributed by atoms with Gasteiger partial charge in [-0.25, -0.2) is 0 Å². The van der Waals surface area contributed by atoms with E-state index in [1.807, 2.05) is 19.2 Å². The molecule has 1 unspecified atom stereocenters. The van der Waals surface area contributed by atoms with Crippen molar-refractivity contribution in [3.05, 3.63) is 20.8 Å². The first kappa shape index (κ1) is 12.0. The third-order valence-electron chi connectivity index (χ3n) is 1.65. The first-order chi connectivity index (χ1) is 6.52. The Kier molecular flexibility index (Phi) is 4.41. The van der Waals surface area contributed by atoms with Crippen molar-refractivity contribution < 1.29 is 4.79 Å². The standard InChI is InChI=1S/C9H11BrClNOS/c1-5-4-14-8(7(5)11)9(13)12-3-6(2)10/h4,6H,3H2,1-2H3,(H,12,13). The first-order valence-electron chi connectivity index (χ1n) is 4.18. The molecule has 14 heavy (non-hydrogen) atoms. The van der Waals surface area contributed by atoms with Gasteiger partial charge in [-0.3, -0.25) is 4.79 Å². The van der Waals surface area contributed by atoms with E-state index in [1.54, 1.807) is 0 Å². The van der Waals surface area contributed by atoms with E-state index in [0.717, 1.165) is 5.56 Å². The number of alkyl halides is 1. The lowest BCUT2D eigenvalue weighted by atomic mass is 10.3. The van der Waals surface area contributed by atoms with Crippen LogP contribution in [0.3, 0.4) is 0 Å². The van der Waals surface area contributed by atoms with E-state index in [0.29, 0.717) is 16.4 Å². The largest absolute Gasteiger partial charge is 0.350 e. The monoisotopic (exact) mass is 295 g/mol. The summed E-state index contributed by atoms with van der Waals surface area (Å²) in [5.41, 5.74) is 0.953. The van der Waals surface area contributed by atoms with Crippen molar-refractivity contribution in [2.75, 3.05) is 6.54 Å². The highest BCUT2D eigenvalue weighted by Gasteiger charge is 2.14. The van der Waals surface area contributed by atoms with E-state index in [-0.39, 0.29) is 10.7 Å². The molecule has 1 amide bonds. The van der Waals surface area contributed by atoms with Gasteiger partial charge in [-0.1, -0.05) is 34.5 Å². The zero-order valence-corrected chi connectivity index (χ0v) is 11.1. The van der Waals surface area contributed by atoms with Crippen LogP contribution in [0.25, 0.3) is 0 Å². The second-order valence-electron chi connectivity index (χ2n) is 3.05. The van der Waals surface area contributed by atoms with Crippen LogP contribution >= 0.6 is 38.9 Å². The maximum atomic E-state index is 11.6. The van der Waals surface area contributed by atoms with Crippen LogP contribution in [0.5, 0.6) is 0 Å². The maximum absolute atomic E-state index is 11.6. The summed E-state index contributed by atoms with van der Waals surface area (Å²) >= 11 is 10.7. The van der Waals surface area contributed by atoms with Crippen LogP contribution in [0, 0.1) is 6.92 Å². The highest BCUT2D eigenvalue weighted by molar-refractivity contribution is 9.09. The number of halogens is 2. The number of amides is 1. The third-order valence-corrected chi connectivity index (χ3v) is 3.67. The summed E-state index contributed by atoms with van der Waals surface area (Å²) in [5, 5.41) is 5.24. The topological polar surface area (TPSA) is 29.1 Å². The molecule has 0 bridgehead atoms. The lowest BCUT2D eigenvalue weighted by molar-refractivity contribution is 0.0958. The number of carbonyl (C=O) groups excluding carboxylic acids is 1. The van der Waals surface area contributed by atoms with Crippen LogP contribution in [0.4, 0.5) is 0 Å². The molecule has 0 aromatic carbocycles. The number of aryl methyl sites for hydroxylation is 1. The maximum Gasteiger partial charge on any atom is 0.262 e. The summed E-state index contributed by atoms with van der Waals surface area (Å²) in [4.78, 5) is 12.4. The van der Waals surface area contributed by atoms with Crippen LogP contribution in [-0.2, 0) is 0 Å². The average molecular weight is 297 g/mol. The highest BCUT2D eigenvalue weighted by Crippen LogP contribution is 2.26. The van der Waals surface area contributed by atoms with Gasteiger partial charge in [0.1, 0.15) is 4.88 Å². The number of nitrogens with one attached hydrogen (secondary N) is 1. The molecule has 0 spiro atoms. The normalized spacial score (nSPS) is 12.6. The molecule has 1 aromatic heterocycles. The lowest BCUT2D eigenvalue weighted by Gasteiger charge is -2.05. The average Bonchev–Trinajstić information content (AvgIpc) is 2.44. The van der Waals surface area contributed by atoms with Gasteiger partial charge in [-0.15, -0.1) is 11.3 Å². The van der Waals surface area contributed by atoms with E-state index in [2.05, 4.69) is 21.2 Å². The van der Waals surface area contributed by atoms with E-state index in [9.17, 15) is 4.79 Å². The molecule has 78 valence electrons. The van der Waals surface area contributed by atoms with E-state index >= 15 is 0 Å². The van der Waals surface area contributed by atoms with E-state index in [1.165, 1.54) is 11.3 Å². The molecule has 2 nitrogen and oxygen atoms in total.